The monoisotopic (exact) mass is 1230 g/mol. The van der Waals surface area contributed by atoms with Gasteiger partial charge in [-0.2, -0.15) is 0 Å². The van der Waals surface area contributed by atoms with Crippen LogP contribution in [0.5, 0.6) is 23.0 Å². The third kappa shape index (κ3) is 15.3. The molecule has 0 amide bonds. The number of aromatic hydroxyl groups is 4. The zero-order chi connectivity index (χ0) is 58.1. The molecule has 8 heteroatoms. The van der Waals surface area contributed by atoms with Gasteiger partial charge in [0.25, 0.3) is 0 Å². The Labute approximate surface area is 506 Å². The smallest absolute Gasteiger partial charge is 0 e. The van der Waals surface area contributed by atoms with Crippen molar-refractivity contribution in [3.63, 3.8) is 0 Å². The molecule has 0 aliphatic carbocycles. The number of phenolic OH excluding ortho intramolecular Hbond substituents is 2. The van der Waals surface area contributed by atoms with E-state index in [1.165, 1.54) is 22.3 Å². The van der Waals surface area contributed by atoms with Gasteiger partial charge in [-0.05, 0) is 0 Å². The number of hydrogen-bond donors (Lipinski definition) is 2. The maximum absolute atomic E-state index is 16.7. The predicted molar refractivity (Wildman–Crippen MR) is 341 cm³/mol. The maximum Gasteiger partial charge on any atom is 0 e. The normalized spacial score (nSPS) is 12.8. The average molecular weight is 1230 g/mol. The Morgan fingerprint density at radius 2 is 0.650 bits per heavy atom. The molecule has 80 heavy (non-hydrogen) atoms. The van der Waals surface area contributed by atoms with Gasteiger partial charge >= 0.3 is 469 Å². The maximum atomic E-state index is 16.7. The minimum absolute atomic E-state index is 0. The van der Waals surface area contributed by atoms with Crippen LogP contribution in [0.15, 0.2) is 84.9 Å². The topological polar surface area (TPSA) is 66.1 Å². The first-order valence-corrected chi connectivity index (χ1v) is 33.5. The molecule has 0 bridgehead atoms. The van der Waals surface area contributed by atoms with Gasteiger partial charge < -0.3 is 14.9 Å². The number of ether oxygens (including phenoxy) is 2. The SMILES string of the molecule is Cc1cc(-c2cc(C(C)(C)C)cc(C(C)(C)C)c2)c(O)c(-c2cc(C(C)(C)C)c(F)cc2[OH+][CH2][Ge]([CH2][OH+]c2cc(F)c(C(C)(C)C)cc2-c2cc(C)cc(-c3cc(C(C)(C)C)cc(C(C)(C)C)c3)c2O)([CH](C)C)[CH](C)C)c1.[CH3-].[CH3-].[Zr]. The van der Waals surface area contributed by atoms with Crippen molar-refractivity contribution in [3.05, 3.63) is 156 Å². The summed E-state index contributed by atoms with van der Waals surface area (Å²) in [6, 6.07) is 28.4. The van der Waals surface area contributed by atoms with Crippen molar-refractivity contribution in [3.8, 4) is 67.5 Å². The van der Waals surface area contributed by atoms with Gasteiger partial charge in [0.2, 0.25) is 0 Å². The fraction of sp³-hybridized carbons (Fsp3) is 0.472. The number of rotatable bonds is 12. The number of phenols is 2. The van der Waals surface area contributed by atoms with Gasteiger partial charge in [0.05, 0.1) is 0 Å². The fourth-order valence-electron chi connectivity index (χ4n) is 10.6. The van der Waals surface area contributed by atoms with E-state index in [0.717, 1.165) is 33.4 Å². The molecule has 6 aromatic rings. The largest absolute Gasteiger partial charge is 0.358 e. The van der Waals surface area contributed by atoms with E-state index in [1.54, 1.807) is 12.1 Å². The van der Waals surface area contributed by atoms with Crippen LogP contribution in [0.25, 0.3) is 44.5 Å². The molecule has 0 unspecified atom stereocenters. The summed E-state index contributed by atoms with van der Waals surface area (Å²) in [5, 5.41) is 25.3. The Kier molecular flexibility index (Phi) is 21.9. The van der Waals surface area contributed by atoms with E-state index in [2.05, 4.69) is 147 Å². The summed E-state index contributed by atoms with van der Waals surface area (Å²) in [7, 11) is 0. The van der Waals surface area contributed by atoms with Crippen molar-refractivity contribution in [2.45, 2.75) is 208 Å². The van der Waals surface area contributed by atoms with Gasteiger partial charge in [-0.25, -0.2) is 0 Å². The van der Waals surface area contributed by atoms with Crippen molar-refractivity contribution in [1.82, 2.24) is 0 Å². The molecule has 4 nitrogen and oxygen atoms in total. The number of benzene rings is 6. The zero-order valence-electron chi connectivity index (χ0n) is 54.2. The molecule has 0 spiro atoms. The molecule has 0 radical (unpaired) electrons. The summed E-state index contributed by atoms with van der Waals surface area (Å²) in [5.74, 6) is 0.558. The second-order valence-electron chi connectivity index (χ2n) is 29.4. The summed E-state index contributed by atoms with van der Waals surface area (Å²) >= 11 is -3.40. The zero-order valence-corrected chi connectivity index (χ0v) is 58.8. The summed E-state index contributed by atoms with van der Waals surface area (Å²) in [6.07, 6.45) is 0. The van der Waals surface area contributed by atoms with Crippen LogP contribution in [0.3, 0.4) is 0 Å². The standard InChI is InChI=1S/C70H94F2GeO4.2CH3.Zr/c1-41(2)73(42(3)4,39-76-61-37-59(71)57(69(19,20)21)35-53(61)55-27-43(5)25-51(63(55)74)45-29-47(65(7,8)9)33-48(30-45)66(10,11)12)40-77-62-38-60(72)58(70(22,23)24)36-54(62)56-28-44(6)26-52(64(56)75)46-31-49(67(13,14)15)34-50(32-46)68(16,17)18;;;/h25-38,41-42,74-75H,39-40H2,1-24H3;2*1H3;/q;2*-1;/p+2. The van der Waals surface area contributed by atoms with Gasteiger partial charge in [-0.3, -0.25) is 0 Å². The first kappa shape index (κ1) is 70.1. The van der Waals surface area contributed by atoms with Gasteiger partial charge in [0.15, 0.2) is 0 Å². The second kappa shape index (κ2) is 24.9. The van der Waals surface area contributed by atoms with Gasteiger partial charge in [-0.1, -0.05) is 0 Å². The van der Waals surface area contributed by atoms with Crippen molar-refractivity contribution < 1.29 is 54.7 Å². The number of halogens is 2. The first-order chi connectivity index (χ1) is 35.0. The van der Waals surface area contributed by atoms with Gasteiger partial charge in [0, 0.05) is 26.2 Å². The van der Waals surface area contributed by atoms with Crippen molar-refractivity contribution in [2.75, 3.05) is 10.9 Å². The van der Waals surface area contributed by atoms with Crippen LogP contribution in [-0.4, -0.2) is 43.8 Å². The van der Waals surface area contributed by atoms with E-state index >= 15 is 8.78 Å². The average Bonchev–Trinajstić information content (AvgIpc) is 3.28. The Morgan fingerprint density at radius 1 is 0.388 bits per heavy atom. The molecular weight excluding hydrogens is 1130 g/mol. The summed E-state index contributed by atoms with van der Waals surface area (Å²) in [6.45, 7) is 51.7. The molecule has 0 fully saturated rings. The Balaban J connectivity index is 0.00000560. The summed E-state index contributed by atoms with van der Waals surface area (Å²) in [5.41, 5.74) is 13.0. The van der Waals surface area contributed by atoms with E-state index < -0.39 is 24.1 Å². The van der Waals surface area contributed by atoms with E-state index in [9.17, 15) is 10.2 Å². The van der Waals surface area contributed by atoms with Crippen LogP contribution in [0.1, 0.15) is 197 Å². The number of aliphatic hydroxyl groups is 2. The molecule has 6 aromatic carbocycles. The summed E-state index contributed by atoms with van der Waals surface area (Å²) < 4.78 is 44.8. The Morgan fingerprint density at radius 3 is 0.887 bits per heavy atom. The van der Waals surface area contributed by atoms with Crippen LogP contribution < -0.4 is 0 Å². The van der Waals surface area contributed by atoms with Crippen LogP contribution in [0.2, 0.25) is 9.50 Å². The Bertz CT molecular complexity index is 2880. The molecule has 4 N–H and O–H groups in total. The molecule has 0 heterocycles. The number of aryl methyl sites for hydroxylation is 2. The molecule has 0 aromatic heterocycles. The predicted octanol–water partition coefficient (Wildman–Crippen LogP) is 20.9. The van der Waals surface area contributed by atoms with E-state index in [-0.39, 0.29) is 95.4 Å². The van der Waals surface area contributed by atoms with E-state index in [4.69, 9.17) is 9.47 Å². The van der Waals surface area contributed by atoms with Gasteiger partial charge in [-0.15, -0.1) is 0 Å². The third-order valence-corrected chi connectivity index (χ3v) is 29.0. The van der Waals surface area contributed by atoms with Crippen molar-refractivity contribution in [2.24, 2.45) is 0 Å². The molecule has 6 rings (SSSR count). The summed E-state index contributed by atoms with van der Waals surface area (Å²) in [4.78, 5) is 0. The van der Waals surface area contributed by atoms with Crippen LogP contribution in [0, 0.1) is 40.3 Å². The van der Waals surface area contributed by atoms with Crippen molar-refractivity contribution in [1.29, 1.82) is 0 Å². The van der Waals surface area contributed by atoms with Gasteiger partial charge in [0.1, 0.15) is 0 Å². The molecule has 0 saturated heterocycles. The van der Waals surface area contributed by atoms with Crippen LogP contribution in [0.4, 0.5) is 8.78 Å². The van der Waals surface area contributed by atoms with E-state index in [1.807, 2.05) is 91.8 Å². The molecule has 0 aliphatic heterocycles. The third-order valence-electron chi connectivity index (χ3n) is 16.2. The van der Waals surface area contributed by atoms with Crippen LogP contribution >= 0.6 is 0 Å². The quantitative estimate of drug-likeness (QED) is 0.0728. The molecule has 0 aliphatic rings. The molecule has 436 valence electrons. The molecule has 0 atom stereocenters. The second-order valence-corrected chi connectivity index (χ2v) is 40.7. The van der Waals surface area contributed by atoms with Crippen LogP contribution in [-0.2, 0) is 58.7 Å². The minimum Gasteiger partial charge on any atom is -0.358 e. The van der Waals surface area contributed by atoms with E-state index in [0.29, 0.717) is 55.8 Å². The van der Waals surface area contributed by atoms with Crippen molar-refractivity contribution >= 4 is 13.3 Å². The Hall–Kier alpha value is -4.19. The molecule has 0 saturated carbocycles. The molecular formula is C72H102F2GeO4Zr. The fourth-order valence-corrected chi connectivity index (χ4v) is 18.6. The first-order valence-electron chi connectivity index (χ1n) is 28.1. The number of hydrogen-bond acceptors (Lipinski definition) is 2. The minimum atomic E-state index is -3.40.